The molecule has 0 radical (unpaired) electrons. The minimum Gasteiger partial charge on any atom is -0.478 e. The number of carboxylic acids is 2. The highest BCUT2D eigenvalue weighted by Crippen LogP contribution is 2.14. The Kier molecular flexibility index (Phi) is 22.2. The zero-order chi connectivity index (χ0) is 33.8. The van der Waals surface area contributed by atoms with Crippen molar-refractivity contribution in [2.24, 2.45) is 0 Å². The van der Waals surface area contributed by atoms with E-state index in [9.17, 15) is 19.2 Å². The molecule has 46 heavy (non-hydrogen) atoms. The third kappa shape index (κ3) is 18.4. The second-order valence-electron chi connectivity index (χ2n) is 10.7. The van der Waals surface area contributed by atoms with Gasteiger partial charge in [0.1, 0.15) is 0 Å². The Hall–Kier alpha value is -4.46. The predicted octanol–water partition coefficient (Wildman–Crippen LogP) is 9.49. The Balaban J connectivity index is 0.000000470. The molecule has 0 atom stereocenters. The van der Waals surface area contributed by atoms with E-state index in [4.69, 9.17) is 19.7 Å². The van der Waals surface area contributed by atoms with Gasteiger partial charge in [-0.05, 0) is 49.2 Å². The Morgan fingerprint density at radius 3 is 1.07 bits per heavy atom. The predicted molar refractivity (Wildman–Crippen MR) is 181 cm³/mol. The molecule has 2 N–H and O–H groups in total. The van der Waals surface area contributed by atoms with Crippen molar-refractivity contribution in [3.63, 3.8) is 0 Å². The third-order valence-electron chi connectivity index (χ3n) is 6.87. The van der Waals surface area contributed by atoms with Crippen LogP contribution in [0.25, 0.3) is 0 Å². The van der Waals surface area contributed by atoms with Gasteiger partial charge in [-0.2, -0.15) is 0 Å². The van der Waals surface area contributed by atoms with Crippen molar-refractivity contribution in [2.75, 3.05) is 13.2 Å². The van der Waals surface area contributed by atoms with Gasteiger partial charge in [-0.25, -0.2) is 19.2 Å². The van der Waals surface area contributed by atoms with E-state index in [1.807, 2.05) is 0 Å². The van der Waals surface area contributed by atoms with Gasteiger partial charge in [-0.3, -0.25) is 0 Å². The molecule has 0 aliphatic rings. The average molecular weight is 635 g/mol. The number of unbranched alkanes of at least 4 members (excludes halogenated alkanes) is 10. The van der Waals surface area contributed by atoms with Crippen molar-refractivity contribution in [1.82, 2.24) is 0 Å². The van der Waals surface area contributed by atoms with Gasteiger partial charge in [0.15, 0.2) is 0 Å². The fraction of sp³-hybridized carbons (Fsp3) is 0.421. The lowest BCUT2D eigenvalue weighted by Crippen LogP contribution is -2.15. The first-order chi connectivity index (χ1) is 22.3. The number of aromatic carboxylic acids is 2. The molecular weight excluding hydrogens is 584 g/mol. The lowest BCUT2D eigenvalue weighted by atomic mass is 10.1. The molecule has 0 spiro atoms. The van der Waals surface area contributed by atoms with E-state index < -0.39 is 23.9 Å². The number of hydrogen-bond acceptors (Lipinski definition) is 6. The maximum Gasteiger partial charge on any atom is 0.339 e. The van der Waals surface area contributed by atoms with E-state index in [0.717, 1.165) is 25.7 Å². The summed E-state index contributed by atoms with van der Waals surface area (Å²) in [7, 11) is 0. The first-order valence-corrected chi connectivity index (χ1v) is 16.3. The van der Waals surface area contributed by atoms with Crippen LogP contribution < -0.4 is 0 Å². The number of ether oxygens (including phenoxy) is 2. The maximum atomic E-state index is 12.4. The molecule has 0 aromatic heterocycles. The van der Waals surface area contributed by atoms with Crippen LogP contribution >= 0.6 is 0 Å². The highest BCUT2D eigenvalue weighted by atomic mass is 16.5. The summed E-state index contributed by atoms with van der Waals surface area (Å²) in [4.78, 5) is 45.1. The van der Waals surface area contributed by atoms with Crippen LogP contribution in [0, 0.1) is 0 Å². The quantitative estimate of drug-likeness (QED) is 0.105. The number of rotatable bonds is 18. The lowest BCUT2D eigenvalue weighted by Gasteiger charge is -2.10. The Morgan fingerprint density at radius 1 is 0.457 bits per heavy atom. The van der Waals surface area contributed by atoms with E-state index in [0.29, 0.717) is 35.5 Å². The number of carboxylic acid groups (broad SMARTS) is 2. The first-order valence-electron chi connectivity index (χ1n) is 16.3. The van der Waals surface area contributed by atoms with Gasteiger partial charge in [0.2, 0.25) is 0 Å². The summed E-state index contributed by atoms with van der Waals surface area (Å²) in [5, 5.41) is 16.8. The van der Waals surface area contributed by atoms with E-state index in [-0.39, 0.29) is 0 Å². The van der Waals surface area contributed by atoms with Crippen molar-refractivity contribution in [3.05, 3.63) is 107 Å². The summed E-state index contributed by atoms with van der Waals surface area (Å²) < 4.78 is 10.7. The van der Waals surface area contributed by atoms with Gasteiger partial charge in [-0.1, -0.05) is 127 Å². The van der Waals surface area contributed by atoms with Crippen molar-refractivity contribution in [2.45, 2.75) is 90.9 Å². The van der Waals surface area contributed by atoms with Gasteiger partial charge in [-0.15, -0.1) is 0 Å². The number of carbonyl (C=O) groups excluding carboxylic acids is 2. The lowest BCUT2D eigenvalue weighted by molar-refractivity contribution is 0.0450. The molecule has 0 unspecified atom stereocenters. The van der Waals surface area contributed by atoms with Crippen LogP contribution in [0.15, 0.2) is 84.9 Å². The zero-order valence-electron chi connectivity index (χ0n) is 27.3. The fourth-order valence-corrected chi connectivity index (χ4v) is 4.25. The Labute approximate surface area is 273 Å². The summed E-state index contributed by atoms with van der Waals surface area (Å²) in [5.74, 6) is -2.65. The second-order valence-corrected chi connectivity index (χ2v) is 10.7. The van der Waals surface area contributed by atoms with Gasteiger partial charge in [0, 0.05) is 0 Å². The van der Waals surface area contributed by atoms with E-state index in [1.54, 1.807) is 84.9 Å². The molecule has 0 saturated heterocycles. The van der Waals surface area contributed by atoms with E-state index >= 15 is 0 Å². The van der Waals surface area contributed by atoms with E-state index in [1.165, 1.54) is 51.4 Å². The van der Waals surface area contributed by atoms with Gasteiger partial charge in [0.05, 0.1) is 35.5 Å². The minimum absolute atomic E-state index is 0.293. The Bertz CT molecular complexity index is 1160. The molecule has 0 fully saturated rings. The number of benzene rings is 3. The Morgan fingerprint density at radius 2 is 0.761 bits per heavy atom. The maximum absolute atomic E-state index is 12.4. The van der Waals surface area contributed by atoms with Crippen LogP contribution in [0.1, 0.15) is 132 Å². The molecular formula is C38H50O8. The molecule has 0 amide bonds. The molecule has 0 aliphatic heterocycles. The highest BCUT2D eigenvalue weighted by molar-refractivity contribution is 6.03. The second kappa shape index (κ2) is 25.8. The minimum atomic E-state index is -0.879. The van der Waals surface area contributed by atoms with Crippen LogP contribution in [0.3, 0.4) is 0 Å². The number of hydrogen-bond donors (Lipinski definition) is 2. The van der Waals surface area contributed by atoms with Gasteiger partial charge in [0.25, 0.3) is 0 Å². The van der Waals surface area contributed by atoms with Crippen LogP contribution in [-0.4, -0.2) is 47.3 Å². The molecule has 8 nitrogen and oxygen atoms in total. The van der Waals surface area contributed by atoms with E-state index in [2.05, 4.69) is 13.8 Å². The molecule has 0 aliphatic carbocycles. The zero-order valence-corrected chi connectivity index (χ0v) is 27.3. The molecule has 8 heteroatoms. The molecule has 3 aromatic carbocycles. The summed E-state index contributed by atoms with van der Waals surface area (Å²) in [5.41, 5.74) is 1.25. The van der Waals surface area contributed by atoms with Crippen LogP contribution in [0.4, 0.5) is 0 Å². The number of esters is 2. The average Bonchev–Trinajstić information content (AvgIpc) is 3.08. The smallest absolute Gasteiger partial charge is 0.339 e. The molecule has 3 aromatic rings. The molecule has 0 saturated carbocycles. The SMILES string of the molecule is CCCCCCCCOC(=O)c1ccccc1C(=O)OCCCCCCCC.O=C(O)c1ccccc1.O=C(O)c1ccccc1. The standard InChI is InChI=1S/C24H38O4.2C7H6O2/c1-3-5-7-9-11-15-19-27-23(25)21-17-13-14-18-22(21)24(26)28-20-16-12-10-8-6-4-2;2*8-7(9)6-4-2-1-3-5-6/h13-14,17-18H,3-12,15-16,19-20H2,1-2H3;2*1-5H,(H,8,9). The van der Waals surface area contributed by atoms with Crippen molar-refractivity contribution < 1.29 is 38.9 Å². The first kappa shape index (κ1) is 39.6. The number of carbonyl (C=O) groups is 4. The monoisotopic (exact) mass is 634 g/mol. The van der Waals surface area contributed by atoms with Crippen molar-refractivity contribution in [1.29, 1.82) is 0 Å². The van der Waals surface area contributed by atoms with Crippen LogP contribution in [-0.2, 0) is 9.47 Å². The summed E-state index contributed by atoms with van der Waals surface area (Å²) in [6.07, 6.45) is 13.6. The largest absolute Gasteiger partial charge is 0.478 e. The van der Waals surface area contributed by atoms with Gasteiger partial charge < -0.3 is 19.7 Å². The topological polar surface area (TPSA) is 127 Å². The van der Waals surface area contributed by atoms with Crippen LogP contribution in [0.2, 0.25) is 0 Å². The summed E-state index contributed by atoms with van der Waals surface area (Å²) in [6, 6.07) is 23.3. The summed E-state index contributed by atoms with van der Waals surface area (Å²) >= 11 is 0. The molecule has 0 heterocycles. The van der Waals surface area contributed by atoms with Crippen LogP contribution in [0.5, 0.6) is 0 Å². The molecule has 3 rings (SSSR count). The summed E-state index contributed by atoms with van der Waals surface area (Å²) in [6.45, 7) is 5.17. The molecule has 250 valence electrons. The van der Waals surface area contributed by atoms with Gasteiger partial charge >= 0.3 is 23.9 Å². The third-order valence-corrected chi connectivity index (χ3v) is 6.87. The van der Waals surface area contributed by atoms with Crippen molar-refractivity contribution in [3.8, 4) is 0 Å². The highest BCUT2D eigenvalue weighted by Gasteiger charge is 2.18. The normalized spacial score (nSPS) is 9.96. The molecule has 0 bridgehead atoms. The van der Waals surface area contributed by atoms with Crippen molar-refractivity contribution >= 4 is 23.9 Å². The fourth-order valence-electron chi connectivity index (χ4n) is 4.25.